The summed E-state index contributed by atoms with van der Waals surface area (Å²) in [4.78, 5) is 17.1. The third-order valence-electron chi connectivity index (χ3n) is 4.78. The van der Waals surface area contributed by atoms with Crippen molar-refractivity contribution in [3.8, 4) is 0 Å². The SMILES string of the molecule is O=C(NC(=S)Nc1ccc(Cc2nc3ccccc3s2)cc1)c1cc2ccccc2o1. The predicted octanol–water partition coefficient (Wildman–Crippen LogP) is 5.76. The van der Waals surface area contributed by atoms with Crippen LogP contribution in [0.3, 0.4) is 0 Å². The van der Waals surface area contributed by atoms with E-state index < -0.39 is 0 Å². The van der Waals surface area contributed by atoms with E-state index in [0.717, 1.165) is 33.6 Å². The van der Waals surface area contributed by atoms with Crippen molar-refractivity contribution < 1.29 is 9.21 Å². The highest BCUT2D eigenvalue weighted by Crippen LogP contribution is 2.24. The Labute approximate surface area is 187 Å². The van der Waals surface area contributed by atoms with Crippen molar-refractivity contribution in [3.63, 3.8) is 0 Å². The van der Waals surface area contributed by atoms with Gasteiger partial charge in [0, 0.05) is 17.5 Å². The van der Waals surface area contributed by atoms with Crippen molar-refractivity contribution in [3.05, 3.63) is 95.2 Å². The third-order valence-corrected chi connectivity index (χ3v) is 6.02. The third kappa shape index (κ3) is 4.33. The number of hydrogen-bond donors (Lipinski definition) is 2. The molecule has 0 aliphatic rings. The number of nitrogens with zero attached hydrogens (tertiary/aromatic N) is 1. The van der Waals surface area contributed by atoms with Crippen molar-refractivity contribution in [2.24, 2.45) is 0 Å². The molecule has 0 saturated heterocycles. The van der Waals surface area contributed by atoms with Crippen molar-refractivity contribution in [2.75, 3.05) is 5.32 Å². The van der Waals surface area contributed by atoms with Crippen molar-refractivity contribution in [1.82, 2.24) is 10.3 Å². The van der Waals surface area contributed by atoms with Gasteiger partial charge in [0.05, 0.1) is 15.2 Å². The van der Waals surface area contributed by atoms with Crippen molar-refractivity contribution in [2.45, 2.75) is 6.42 Å². The van der Waals surface area contributed by atoms with E-state index in [9.17, 15) is 4.79 Å². The molecule has 3 aromatic carbocycles. The van der Waals surface area contributed by atoms with Gasteiger partial charge in [0.2, 0.25) is 0 Å². The predicted molar refractivity (Wildman–Crippen MR) is 129 cm³/mol. The lowest BCUT2D eigenvalue weighted by Gasteiger charge is -2.09. The average Bonchev–Trinajstić information content (AvgIpc) is 3.38. The molecule has 2 N–H and O–H groups in total. The summed E-state index contributed by atoms with van der Waals surface area (Å²) < 4.78 is 6.77. The van der Waals surface area contributed by atoms with Gasteiger partial charge in [0.15, 0.2) is 10.9 Å². The first kappa shape index (κ1) is 19.4. The topological polar surface area (TPSA) is 67.2 Å². The zero-order valence-corrected chi connectivity index (χ0v) is 17.9. The van der Waals surface area contributed by atoms with Crippen LogP contribution in [0, 0.1) is 0 Å². The summed E-state index contributed by atoms with van der Waals surface area (Å²) in [5.74, 6) is -0.169. The van der Waals surface area contributed by atoms with Gasteiger partial charge >= 0.3 is 0 Å². The van der Waals surface area contributed by atoms with Gasteiger partial charge in [0.1, 0.15) is 5.58 Å². The maximum atomic E-state index is 12.4. The number of furan rings is 1. The number of para-hydroxylation sites is 2. The number of amides is 1. The Morgan fingerprint density at radius 2 is 1.77 bits per heavy atom. The van der Waals surface area contributed by atoms with Gasteiger partial charge in [0.25, 0.3) is 5.91 Å². The minimum atomic E-state index is -0.388. The monoisotopic (exact) mass is 443 g/mol. The number of thiazole rings is 1. The fraction of sp³-hybridized carbons (Fsp3) is 0.0417. The largest absolute Gasteiger partial charge is 0.451 e. The zero-order valence-electron chi connectivity index (χ0n) is 16.3. The van der Waals surface area contributed by atoms with Crippen LogP contribution in [0.25, 0.3) is 21.2 Å². The standard InChI is InChI=1S/C24H17N3O2S2/c28-23(20-14-16-5-1-3-7-19(16)29-20)27-24(30)25-17-11-9-15(10-12-17)13-22-26-18-6-2-4-8-21(18)31-22/h1-12,14H,13H2,(H2,25,27,28,30). The molecule has 5 rings (SSSR count). The molecule has 31 heavy (non-hydrogen) atoms. The summed E-state index contributed by atoms with van der Waals surface area (Å²) in [5.41, 5.74) is 3.64. The molecular formula is C24H17N3O2S2. The van der Waals surface area contributed by atoms with Gasteiger partial charge in [-0.3, -0.25) is 10.1 Å². The fourth-order valence-corrected chi connectivity index (χ4v) is 4.51. The van der Waals surface area contributed by atoms with Crippen LogP contribution in [0.2, 0.25) is 0 Å². The van der Waals surface area contributed by atoms with Crippen LogP contribution < -0.4 is 10.6 Å². The molecule has 7 heteroatoms. The van der Waals surface area contributed by atoms with E-state index in [2.05, 4.69) is 21.7 Å². The Bertz CT molecular complexity index is 1340. The molecule has 0 unspecified atom stereocenters. The van der Waals surface area contributed by atoms with E-state index in [1.165, 1.54) is 4.70 Å². The molecule has 0 saturated carbocycles. The number of carbonyl (C=O) groups is 1. The highest BCUT2D eigenvalue weighted by molar-refractivity contribution is 7.80. The number of benzene rings is 3. The molecule has 2 aromatic heterocycles. The van der Waals surface area contributed by atoms with E-state index in [1.54, 1.807) is 17.4 Å². The van der Waals surface area contributed by atoms with E-state index in [4.69, 9.17) is 16.6 Å². The summed E-state index contributed by atoms with van der Waals surface area (Å²) in [6.07, 6.45) is 0.771. The Balaban J connectivity index is 1.20. The Morgan fingerprint density at radius 3 is 2.58 bits per heavy atom. The Kier molecular flexibility index (Phi) is 5.19. The van der Waals surface area contributed by atoms with Crippen LogP contribution in [-0.4, -0.2) is 16.0 Å². The zero-order chi connectivity index (χ0) is 21.2. The van der Waals surface area contributed by atoms with Crippen LogP contribution in [0.5, 0.6) is 0 Å². The number of anilines is 1. The van der Waals surface area contributed by atoms with Gasteiger partial charge < -0.3 is 9.73 Å². The molecule has 0 atom stereocenters. The molecule has 0 aliphatic heterocycles. The van der Waals surface area contributed by atoms with Gasteiger partial charge in [-0.25, -0.2) is 4.98 Å². The second-order valence-corrected chi connectivity index (χ2v) is 8.53. The number of fused-ring (bicyclic) bond motifs is 2. The first-order chi connectivity index (χ1) is 15.1. The van der Waals surface area contributed by atoms with E-state index >= 15 is 0 Å². The van der Waals surface area contributed by atoms with Crippen LogP contribution in [0.1, 0.15) is 21.1 Å². The van der Waals surface area contributed by atoms with Crippen LogP contribution >= 0.6 is 23.6 Å². The Morgan fingerprint density at radius 1 is 1.00 bits per heavy atom. The minimum absolute atomic E-state index is 0.212. The Hall–Kier alpha value is -3.55. The molecule has 2 heterocycles. The summed E-state index contributed by atoms with van der Waals surface area (Å²) >= 11 is 6.98. The molecule has 5 nitrogen and oxygen atoms in total. The molecule has 0 radical (unpaired) electrons. The molecule has 5 aromatic rings. The lowest BCUT2D eigenvalue weighted by molar-refractivity contribution is 0.0953. The smallest absolute Gasteiger partial charge is 0.293 e. The van der Waals surface area contributed by atoms with E-state index in [0.29, 0.717) is 5.58 Å². The lowest BCUT2D eigenvalue weighted by atomic mass is 10.1. The summed E-state index contributed by atoms with van der Waals surface area (Å²) in [6, 6.07) is 25.2. The van der Waals surface area contributed by atoms with E-state index in [-0.39, 0.29) is 16.8 Å². The van der Waals surface area contributed by atoms with Gasteiger partial charge in [-0.05, 0) is 54.2 Å². The molecule has 0 aliphatic carbocycles. The highest BCUT2D eigenvalue weighted by Gasteiger charge is 2.13. The molecule has 0 spiro atoms. The van der Waals surface area contributed by atoms with Crippen molar-refractivity contribution >= 4 is 61.4 Å². The van der Waals surface area contributed by atoms with Gasteiger partial charge in [-0.2, -0.15) is 0 Å². The minimum Gasteiger partial charge on any atom is -0.451 e. The number of hydrogen-bond acceptors (Lipinski definition) is 5. The van der Waals surface area contributed by atoms with Gasteiger partial charge in [-0.15, -0.1) is 11.3 Å². The molecule has 152 valence electrons. The van der Waals surface area contributed by atoms with Crippen LogP contribution in [0.4, 0.5) is 5.69 Å². The number of nitrogens with one attached hydrogen (secondary N) is 2. The first-order valence-corrected chi connectivity index (χ1v) is 10.9. The quantitative estimate of drug-likeness (QED) is 0.346. The highest BCUT2D eigenvalue weighted by atomic mass is 32.1. The van der Waals surface area contributed by atoms with Gasteiger partial charge in [-0.1, -0.05) is 42.5 Å². The maximum absolute atomic E-state index is 12.4. The lowest BCUT2D eigenvalue weighted by Crippen LogP contribution is -2.33. The summed E-state index contributed by atoms with van der Waals surface area (Å²) in [5, 5.41) is 7.85. The molecular weight excluding hydrogens is 426 g/mol. The summed E-state index contributed by atoms with van der Waals surface area (Å²) in [7, 11) is 0. The first-order valence-electron chi connectivity index (χ1n) is 9.68. The second kappa shape index (κ2) is 8.29. The molecule has 0 fully saturated rings. The molecule has 1 amide bonds. The maximum Gasteiger partial charge on any atom is 0.293 e. The van der Waals surface area contributed by atoms with Crippen LogP contribution in [-0.2, 0) is 6.42 Å². The normalized spacial score (nSPS) is 11.0. The number of rotatable bonds is 4. The summed E-state index contributed by atoms with van der Waals surface area (Å²) in [6.45, 7) is 0. The molecule has 0 bridgehead atoms. The van der Waals surface area contributed by atoms with Crippen molar-refractivity contribution in [1.29, 1.82) is 0 Å². The number of aromatic nitrogens is 1. The number of thiocarbonyl (C=S) groups is 1. The van der Waals surface area contributed by atoms with Crippen LogP contribution in [0.15, 0.2) is 83.3 Å². The fourth-order valence-electron chi connectivity index (χ4n) is 3.30. The average molecular weight is 444 g/mol. The second-order valence-electron chi connectivity index (χ2n) is 7.01. The number of carbonyl (C=O) groups excluding carboxylic acids is 1. The van der Waals surface area contributed by atoms with E-state index in [1.807, 2.05) is 66.7 Å².